The topological polar surface area (TPSA) is 90.9 Å². The number of aromatic amines is 2. The van der Waals surface area contributed by atoms with E-state index in [9.17, 15) is 14.0 Å². The van der Waals surface area contributed by atoms with Crippen LogP contribution in [-0.2, 0) is 0 Å². The highest BCUT2D eigenvalue weighted by molar-refractivity contribution is 5.42. The fraction of sp³-hybridized carbons (Fsp3) is 0.167. The van der Waals surface area contributed by atoms with Crippen molar-refractivity contribution < 1.29 is 9.50 Å². The number of aliphatic hydroxyl groups is 1. The molecule has 0 aliphatic rings. The molecule has 19 heavy (non-hydrogen) atoms. The lowest BCUT2D eigenvalue weighted by atomic mass is 10.2. The van der Waals surface area contributed by atoms with E-state index in [1.807, 2.05) is 0 Å². The zero-order valence-electron chi connectivity index (χ0n) is 9.74. The summed E-state index contributed by atoms with van der Waals surface area (Å²) in [7, 11) is 0. The quantitative estimate of drug-likeness (QED) is 0.651. The summed E-state index contributed by atoms with van der Waals surface area (Å²) in [5.41, 5.74) is -1.25. The van der Waals surface area contributed by atoms with Crippen LogP contribution in [0.3, 0.4) is 0 Å². The summed E-state index contributed by atoms with van der Waals surface area (Å²) in [6, 6.07) is 3.91. The summed E-state index contributed by atoms with van der Waals surface area (Å²) in [4.78, 5) is 22.7. The van der Waals surface area contributed by atoms with Crippen molar-refractivity contribution in [1.82, 2.24) is 14.8 Å². The van der Waals surface area contributed by atoms with Crippen molar-refractivity contribution in [3.63, 3.8) is 0 Å². The van der Waals surface area contributed by atoms with Crippen molar-refractivity contribution in [2.45, 2.75) is 6.42 Å². The molecule has 0 saturated carbocycles. The van der Waals surface area contributed by atoms with E-state index >= 15 is 0 Å². The van der Waals surface area contributed by atoms with Crippen molar-refractivity contribution in [1.29, 1.82) is 0 Å². The van der Waals surface area contributed by atoms with E-state index in [2.05, 4.69) is 22.0 Å². The van der Waals surface area contributed by atoms with Gasteiger partial charge in [-0.05, 0) is 18.2 Å². The van der Waals surface area contributed by atoms with Crippen molar-refractivity contribution >= 4 is 0 Å². The Morgan fingerprint density at radius 1 is 1.26 bits per heavy atom. The monoisotopic (exact) mass is 263 g/mol. The molecule has 0 aliphatic carbocycles. The third kappa shape index (κ3) is 2.64. The van der Waals surface area contributed by atoms with E-state index in [0.29, 0.717) is 16.6 Å². The molecule has 98 valence electrons. The summed E-state index contributed by atoms with van der Waals surface area (Å²) in [6.45, 7) is -0.0678. The molecular weight excluding hydrogens is 253 g/mol. The molecule has 7 heteroatoms. The molecule has 0 radical (unpaired) electrons. The summed E-state index contributed by atoms with van der Waals surface area (Å²) in [6.07, 6.45) is 0.292. The smallest absolute Gasteiger partial charge is 0.349 e. The van der Waals surface area contributed by atoms with Gasteiger partial charge in [-0.1, -0.05) is 11.8 Å². The minimum Gasteiger partial charge on any atom is -0.395 e. The number of aliphatic hydroxyl groups excluding tert-OH is 1. The first-order chi connectivity index (χ1) is 9.13. The molecule has 0 fully saturated rings. The third-order valence-corrected chi connectivity index (χ3v) is 2.34. The molecule has 1 heterocycles. The average Bonchev–Trinajstić information content (AvgIpc) is 2.70. The molecule has 0 aliphatic heterocycles. The molecule has 1 aromatic carbocycles. The first-order valence-corrected chi connectivity index (χ1v) is 5.43. The van der Waals surface area contributed by atoms with E-state index in [-0.39, 0.29) is 12.3 Å². The highest BCUT2D eigenvalue weighted by Gasteiger charge is 2.11. The van der Waals surface area contributed by atoms with Gasteiger partial charge in [0.1, 0.15) is 5.82 Å². The highest BCUT2D eigenvalue weighted by atomic mass is 19.1. The first-order valence-electron chi connectivity index (χ1n) is 5.43. The molecule has 0 spiro atoms. The number of nitrogens with zero attached hydrogens (tertiary/aromatic N) is 1. The van der Waals surface area contributed by atoms with Gasteiger partial charge in [0.15, 0.2) is 0 Å². The van der Waals surface area contributed by atoms with Gasteiger partial charge in [0.25, 0.3) is 0 Å². The van der Waals surface area contributed by atoms with Crippen molar-refractivity contribution in [3.05, 3.63) is 50.5 Å². The van der Waals surface area contributed by atoms with E-state index in [1.54, 1.807) is 0 Å². The Morgan fingerprint density at radius 3 is 2.53 bits per heavy atom. The minimum atomic E-state index is -0.747. The molecule has 2 aromatic rings. The lowest BCUT2D eigenvalue weighted by Crippen LogP contribution is -2.25. The number of rotatable bonds is 2. The van der Waals surface area contributed by atoms with Crippen LogP contribution in [0.5, 0.6) is 0 Å². The Balaban J connectivity index is 2.44. The standard InChI is InChI=1S/C12H10FN3O3/c13-9-7-8(3-1-2-6-17)4-5-10(9)16-11(18)14-15-12(16)19/h4-5,7,17H,2,6H2,(H,14,18)(H,15,19). The van der Waals surface area contributed by atoms with Crippen LogP contribution in [0.15, 0.2) is 27.8 Å². The molecule has 0 saturated heterocycles. The Kier molecular flexibility index (Phi) is 3.63. The highest BCUT2D eigenvalue weighted by Crippen LogP contribution is 2.11. The van der Waals surface area contributed by atoms with Crippen LogP contribution in [-0.4, -0.2) is 26.5 Å². The van der Waals surface area contributed by atoms with Gasteiger partial charge in [0.05, 0.1) is 12.3 Å². The van der Waals surface area contributed by atoms with Gasteiger partial charge in [-0.15, -0.1) is 0 Å². The summed E-state index contributed by atoms with van der Waals surface area (Å²) in [5, 5.41) is 12.7. The second kappa shape index (κ2) is 5.37. The number of H-pyrrole nitrogens is 2. The third-order valence-electron chi connectivity index (χ3n) is 2.34. The Hall–Kier alpha value is -2.59. The second-order valence-electron chi connectivity index (χ2n) is 3.64. The van der Waals surface area contributed by atoms with Crippen molar-refractivity contribution in [3.8, 4) is 17.5 Å². The van der Waals surface area contributed by atoms with Crippen molar-refractivity contribution in [2.75, 3.05) is 6.61 Å². The number of nitrogens with one attached hydrogen (secondary N) is 2. The van der Waals surface area contributed by atoms with Gasteiger partial charge in [-0.2, -0.15) is 0 Å². The van der Waals surface area contributed by atoms with Gasteiger partial charge in [0.2, 0.25) is 0 Å². The summed E-state index contributed by atoms with van der Waals surface area (Å²) < 4.78 is 14.5. The first kappa shape index (κ1) is 12.9. The summed E-state index contributed by atoms with van der Waals surface area (Å²) >= 11 is 0. The number of halogens is 1. The molecule has 2 rings (SSSR count). The molecule has 0 atom stereocenters. The Labute approximate surface area is 106 Å². The minimum absolute atomic E-state index is 0.0678. The van der Waals surface area contributed by atoms with E-state index in [4.69, 9.17) is 5.11 Å². The van der Waals surface area contributed by atoms with Crippen LogP contribution in [0, 0.1) is 17.7 Å². The van der Waals surface area contributed by atoms with Crippen molar-refractivity contribution in [2.24, 2.45) is 0 Å². The van der Waals surface area contributed by atoms with Crippen LogP contribution >= 0.6 is 0 Å². The summed E-state index contributed by atoms with van der Waals surface area (Å²) in [5.74, 6) is 4.57. The molecule has 1 aromatic heterocycles. The van der Waals surface area contributed by atoms with Gasteiger partial charge < -0.3 is 5.11 Å². The number of benzene rings is 1. The zero-order valence-corrected chi connectivity index (χ0v) is 9.74. The van der Waals surface area contributed by atoms with Crippen LogP contribution in [0.25, 0.3) is 5.69 Å². The molecular formula is C12H10FN3O3. The number of hydrogen-bond acceptors (Lipinski definition) is 3. The van der Waals surface area contributed by atoms with Crippen LogP contribution in [0.4, 0.5) is 4.39 Å². The van der Waals surface area contributed by atoms with Crippen LogP contribution in [0.1, 0.15) is 12.0 Å². The van der Waals surface area contributed by atoms with Gasteiger partial charge in [-0.25, -0.2) is 28.7 Å². The van der Waals surface area contributed by atoms with Crippen LogP contribution in [0.2, 0.25) is 0 Å². The Bertz CT molecular complexity index is 733. The molecule has 0 unspecified atom stereocenters. The second-order valence-corrected chi connectivity index (χ2v) is 3.64. The maximum atomic E-state index is 13.8. The fourth-order valence-electron chi connectivity index (χ4n) is 1.52. The average molecular weight is 263 g/mol. The maximum Gasteiger partial charge on any atom is 0.349 e. The van der Waals surface area contributed by atoms with E-state index < -0.39 is 17.2 Å². The van der Waals surface area contributed by atoms with Gasteiger partial charge in [0, 0.05) is 12.0 Å². The van der Waals surface area contributed by atoms with Gasteiger partial charge >= 0.3 is 11.4 Å². The fourth-order valence-corrected chi connectivity index (χ4v) is 1.52. The predicted octanol–water partition coefficient (Wildman–Crippen LogP) is -0.273. The SMILES string of the molecule is O=c1[nH][nH]c(=O)n1-c1ccc(C#CCCO)cc1F. The number of aromatic nitrogens is 3. The normalized spacial score (nSPS) is 10.0. The van der Waals surface area contributed by atoms with Crippen LogP contribution < -0.4 is 11.4 Å². The lowest BCUT2D eigenvalue weighted by Gasteiger charge is -2.01. The zero-order chi connectivity index (χ0) is 13.8. The maximum absolute atomic E-state index is 13.8. The predicted molar refractivity (Wildman–Crippen MR) is 65.5 cm³/mol. The molecule has 0 amide bonds. The largest absolute Gasteiger partial charge is 0.395 e. The molecule has 0 bridgehead atoms. The van der Waals surface area contributed by atoms with Gasteiger partial charge in [-0.3, -0.25) is 0 Å². The molecule has 3 N–H and O–H groups in total. The van der Waals surface area contributed by atoms with E-state index in [1.165, 1.54) is 12.1 Å². The lowest BCUT2D eigenvalue weighted by molar-refractivity contribution is 0.305. The van der Waals surface area contributed by atoms with E-state index in [0.717, 1.165) is 6.07 Å². The Morgan fingerprint density at radius 2 is 1.95 bits per heavy atom. The number of hydrogen-bond donors (Lipinski definition) is 3. The molecule has 6 nitrogen and oxygen atoms in total.